The van der Waals surface area contributed by atoms with Crippen LogP contribution in [0.25, 0.3) is 0 Å². The Balaban J connectivity index is 1.87. The fourth-order valence-corrected chi connectivity index (χ4v) is 1.72. The van der Waals surface area contributed by atoms with E-state index in [0.29, 0.717) is 5.69 Å². The second-order valence-electron chi connectivity index (χ2n) is 4.22. The molecule has 0 aromatic heterocycles. The number of anilines is 1. The zero-order valence-electron chi connectivity index (χ0n) is 11.3. The molecule has 7 nitrogen and oxygen atoms in total. The summed E-state index contributed by atoms with van der Waals surface area (Å²) in [7, 11) is 0. The molecule has 0 saturated heterocycles. The summed E-state index contributed by atoms with van der Waals surface area (Å²) >= 11 is 5.05. The molecule has 22 heavy (non-hydrogen) atoms. The van der Waals surface area contributed by atoms with Gasteiger partial charge in [0.1, 0.15) is 5.75 Å². The van der Waals surface area contributed by atoms with E-state index in [2.05, 4.69) is 15.8 Å². The molecule has 0 unspecified atom stereocenters. The smallest absolute Gasteiger partial charge is 0.269 e. The van der Waals surface area contributed by atoms with E-state index in [9.17, 15) is 10.1 Å². The molecule has 0 aliphatic carbocycles. The molecule has 0 fully saturated rings. The third-order valence-corrected chi connectivity index (χ3v) is 2.80. The molecule has 0 amide bonds. The number of aromatic hydroxyl groups is 1. The molecule has 112 valence electrons. The number of benzene rings is 2. The fraction of sp³-hybridized carbons (Fsp3) is 0. The van der Waals surface area contributed by atoms with Crippen LogP contribution in [0.15, 0.2) is 53.6 Å². The SMILES string of the molecule is O=[N+]([O-])c1ccc(NC(=S)N/N=C/c2ccc(O)cc2)cc1. The number of thiocarbonyl (C=S) groups is 1. The van der Waals surface area contributed by atoms with Gasteiger partial charge >= 0.3 is 0 Å². The van der Waals surface area contributed by atoms with Gasteiger partial charge < -0.3 is 10.4 Å². The van der Waals surface area contributed by atoms with Crippen molar-refractivity contribution in [3.63, 3.8) is 0 Å². The van der Waals surface area contributed by atoms with E-state index < -0.39 is 4.92 Å². The average molecular weight is 316 g/mol. The van der Waals surface area contributed by atoms with Gasteiger partial charge in [0.05, 0.1) is 11.1 Å². The zero-order chi connectivity index (χ0) is 15.9. The summed E-state index contributed by atoms with van der Waals surface area (Å²) in [5, 5.41) is 26.7. The number of hydrazone groups is 1. The predicted octanol–water partition coefficient (Wildman–Crippen LogP) is 2.62. The minimum Gasteiger partial charge on any atom is -0.508 e. The van der Waals surface area contributed by atoms with Gasteiger partial charge in [0, 0.05) is 17.8 Å². The van der Waals surface area contributed by atoms with Crippen LogP contribution in [0, 0.1) is 10.1 Å². The Labute approximate surface area is 131 Å². The lowest BCUT2D eigenvalue weighted by Gasteiger charge is -2.06. The van der Waals surface area contributed by atoms with Crippen molar-refractivity contribution in [3.8, 4) is 5.75 Å². The summed E-state index contributed by atoms with van der Waals surface area (Å²) < 4.78 is 0. The summed E-state index contributed by atoms with van der Waals surface area (Å²) in [6.45, 7) is 0. The van der Waals surface area contributed by atoms with Crippen LogP contribution in [-0.4, -0.2) is 21.4 Å². The standard InChI is InChI=1S/C14H12N4O3S/c19-13-7-1-10(2-8-13)9-15-17-14(22)16-11-3-5-12(6-4-11)18(20)21/h1-9,19H,(H2,16,17,22)/b15-9+. The Bertz CT molecular complexity index is 699. The number of nitro benzene ring substituents is 1. The lowest BCUT2D eigenvalue weighted by Crippen LogP contribution is -2.23. The van der Waals surface area contributed by atoms with E-state index in [1.165, 1.54) is 12.1 Å². The Morgan fingerprint density at radius 1 is 1.18 bits per heavy atom. The third-order valence-electron chi connectivity index (χ3n) is 2.61. The summed E-state index contributed by atoms with van der Waals surface area (Å²) in [4.78, 5) is 10.1. The van der Waals surface area contributed by atoms with Crippen LogP contribution in [0.4, 0.5) is 11.4 Å². The van der Waals surface area contributed by atoms with Crippen molar-refractivity contribution < 1.29 is 10.0 Å². The highest BCUT2D eigenvalue weighted by Gasteiger charge is 2.04. The first kappa shape index (κ1) is 15.4. The molecule has 0 atom stereocenters. The molecule has 0 aliphatic rings. The first-order chi connectivity index (χ1) is 10.5. The Morgan fingerprint density at radius 3 is 2.41 bits per heavy atom. The van der Waals surface area contributed by atoms with Crippen LogP contribution in [0.2, 0.25) is 0 Å². The highest BCUT2D eigenvalue weighted by molar-refractivity contribution is 7.80. The van der Waals surface area contributed by atoms with Crippen LogP contribution in [0.5, 0.6) is 5.75 Å². The van der Waals surface area contributed by atoms with Gasteiger partial charge in [-0.15, -0.1) is 0 Å². The lowest BCUT2D eigenvalue weighted by atomic mass is 10.2. The van der Waals surface area contributed by atoms with Gasteiger partial charge in [-0.2, -0.15) is 5.10 Å². The van der Waals surface area contributed by atoms with Crippen molar-refractivity contribution in [1.82, 2.24) is 5.43 Å². The number of nitro groups is 1. The first-order valence-electron chi connectivity index (χ1n) is 6.18. The summed E-state index contributed by atoms with van der Waals surface area (Å²) in [6, 6.07) is 12.4. The number of nitrogens with one attached hydrogen (secondary N) is 2. The van der Waals surface area contributed by atoms with E-state index in [1.54, 1.807) is 42.6 Å². The van der Waals surface area contributed by atoms with Crippen molar-refractivity contribution in [3.05, 3.63) is 64.2 Å². The number of phenolic OH excluding ortho intramolecular Hbond substituents is 1. The Hall–Kier alpha value is -3.00. The number of hydrogen-bond donors (Lipinski definition) is 3. The fourth-order valence-electron chi connectivity index (χ4n) is 1.55. The Kier molecular flexibility index (Phi) is 4.99. The third kappa shape index (κ3) is 4.53. The maximum atomic E-state index is 10.5. The molecule has 0 saturated carbocycles. The predicted molar refractivity (Wildman–Crippen MR) is 88.2 cm³/mol. The van der Waals surface area contributed by atoms with Crippen LogP contribution >= 0.6 is 12.2 Å². The monoisotopic (exact) mass is 316 g/mol. The summed E-state index contributed by atoms with van der Waals surface area (Å²) in [5.41, 5.74) is 4.04. The van der Waals surface area contributed by atoms with Gasteiger partial charge in [-0.1, -0.05) is 0 Å². The second kappa shape index (κ2) is 7.14. The second-order valence-corrected chi connectivity index (χ2v) is 4.63. The van der Waals surface area contributed by atoms with Crippen molar-refractivity contribution in [2.24, 2.45) is 5.10 Å². The van der Waals surface area contributed by atoms with E-state index in [1.807, 2.05) is 0 Å². The van der Waals surface area contributed by atoms with Crippen molar-refractivity contribution in [1.29, 1.82) is 0 Å². The molecule has 0 bridgehead atoms. The molecule has 2 rings (SSSR count). The molecule has 0 radical (unpaired) electrons. The number of nitrogens with zero attached hydrogens (tertiary/aromatic N) is 2. The highest BCUT2D eigenvalue weighted by atomic mass is 32.1. The van der Waals surface area contributed by atoms with Gasteiger partial charge in [-0.25, -0.2) is 0 Å². The molecule has 0 spiro atoms. The maximum absolute atomic E-state index is 10.5. The average Bonchev–Trinajstić information content (AvgIpc) is 2.50. The van der Waals surface area contributed by atoms with Gasteiger partial charge in [-0.05, 0) is 54.2 Å². The van der Waals surface area contributed by atoms with Gasteiger partial charge in [0.25, 0.3) is 5.69 Å². The Morgan fingerprint density at radius 2 is 1.82 bits per heavy atom. The van der Waals surface area contributed by atoms with E-state index in [0.717, 1.165) is 5.56 Å². The molecular formula is C14H12N4O3S. The number of non-ortho nitro benzene ring substituents is 1. The van der Waals surface area contributed by atoms with Gasteiger partial charge in [-0.3, -0.25) is 15.5 Å². The topological polar surface area (TPSA) is 99.8 Å². The normalized spacial score (nSPS) is 10.4. The zero-order valence-corrected chi connectivity index (χ0v) is 12.1. The highest BCUT2D eigenvalue weighted by Crippen LogP contribution is 2.15. The van der Waals surface area contributed by atoms with Gasteiger partial charge in [0.15, 0.2) is 5.11 Å². The maximum Gasteiger partial charge on any atom is 0.269 e. The van der Waals surface area contributed by atoms with Crippen LogP contribution in [0.1, 0.15) is 5.56 Å². The first-order valence-corrected chi connectivity index (χ1v) is 6.59. The van der Waals surface area contributed by atoms with Gasteiger partial charge in [0.2, 0.25) is 0 Å². The van der Waals surface area contributed by atoms with Crippen molar-refractivity contribution >= 4 is 34.9 Å². The van der Waals surface area contributed by atoms with Crippen molar-refractivity contribution in [2.75, 3.05) is 5.32 Å². The van der Waals surface area contributed by atoms with Crippen molar-refractivity contribution in [2.45, 2.75) is 0 Å². The molecule has 0 heterocycles. The van der Waals surface area contributed by atoms with E-state index >= 15 is 0 Å². The summed E-state index contributed by atoms with van der Waals surface area (Å²) in [6.07, 6.45) is 1.54. The number of rotatable bonds is 4. The number of hydrogen-bond acceptors (Lipinski definition) is 5. The molecule has 8 heteroatoms. The van der Waals surface area contributed by atoms with Crippen LogP contribution in [0.3, 0.4) is 0 Å². The van der Waals surface area contributed by atoms with Crippen LogP contribution in [-0.2, 0) is 0 Å². The summed E-state index contributed by atoms with van der Waals surface area (Å²) in [5.74, 6) is 0.181. The lowest BCUT2D eigenvalue weighted by molar-refractivity contribution is -0.384. The molecule has 2 aromatic carbocycles. The molecular weight excluding hydrogens is 304 g/mol. The molecule has 0 aliphatic heterocycles. The van der Waals surface area contributed by atoms with E-state index in [-0.39, 0.29) is 16.5 Å². The minimum atomic E-state index is -0.470. The quantitative estimate of drug-likeness (QED) is 0.347. The minimum absolute atomic E-state index is 0.00905. The number of phenols is 1. The van der Waals surface area contributed by atoms with Crippen LogP contribution < -0.4 is 10.7 Å². The molecule has 3 N–H and O–H groups in total. The largest absolute Gasteiger partial charge is 0.508 e. The van der Waals surface area contributed by atoms with E-state index in [4.69, 9.17) is 17.3 Å². The molecule has 2 aromatic rings.